The van der Waals surface area contributed by atoms with Gasteiger partial charge in [0.15, 0.2) is 0 Å². The summed E-state index contributed by atoms with van der Waals surface area (Å²) in [6.45, 7) is 2.73. The predicted molar refractivity (Wildman–Crippen MR) is 133 cm³/mol. The number of likely N-dealkylation sites (tertiary alicyclic amines) is 1. The molecule has 1 amide bonds. The number of benzene rings is 3. The smallest absolute Gasteiger partial charge is 0.227 e. The Hall–Kier alpha value is -3.57. The fourth-order valence-electron chi connectivity index (χ4n) is 4.68. The number of carbonyl (C=O) groups excluding carboxylic acids is 1. The van der Waals surface area contributed by atoms with Crippen LogP contribution in [0.4, 0.5) is 5.69 Å². The second-order valence-corrected chi connectivity index (χ2v) is 8.70. The van der Waals surface area contributed by atoms with E-state index in [-0.39, 0.29) is 11.8 Å². The van der Waals surface area contributed by atoms with Crippen molar-refractivity contribution >= 4 is 22.5 Å². The minimum absolute atomic E-state index is 0.0299. The summed E-state index contributed by atoms with van der Waals surface area (Å²) >= 11 is 0. The minimum atomic E-state index is 0.0299. The Morgan fingerprint density at radius 3 is 2.61 bits per heavy atom. The SMILES string of the molecule is COc1cccc(-c2ccccc2NC(=O)C2CCN(Cc3cc4ccccc4[nH]3)CC2)c1. The van der Waals surface area contributed by atoms with Gasteiger partial charge in [0.1, 0.15) is 5.75 Å². The van der Waals surface area contributed by atoms with Crippen molar-refractivity contribution in [2.24, 2.45) is 5.92 Å². The molecule has 1 fully saturated rings. The van der Waals surface area contributed by atoms with Gasteiger partial charge in [0.05, 0.1) is 7.11 Å². The number of amides is 1. The highest BCUT2D eigenvalue weighted by molar-refractivity contribution is 5.97. The zero-order valence-electron chi connectivity index (χ0n) is 18.9. The Balaban J connectivity index is 1.21. The van der Waals surface area contributed by atoms with E-state index in [1.807, 2.05) is 48.5 Å². The van der Waals surface area contributed by atoms with Gasteiger partial charge < -0.3 is 15.0 Å². The number of H-pyrrole nitrogens is 1. The van der Waals surface area contributed by atoms with E-state index in [1.54, 1.807) is 7.11 Å². The lowest BCUT2D eigenvalue weighted by molar-refractivity contribution is -0.121. The molecule has 1 saturated heterocycles. The van der Waals surface area contributed by atoms with Crippen molar-refractivity contribution in [3.63, 3.8) is 0 Å². The van der Waals surface area contributed by atoms with E-state index < -0.39 is 0 Å². The molecule has 0 saturated carbocycles. The van der Waals surface area contributed by atoms with Crippen LogP contribution in [0.25, 0.3) is 22.0 Å². The average molecular weight is 440 g/mol. The highest BCUT2D eigenvalue weighted by Crippen LogP contribution is 2.31. The molecule has 5 heteroatoms. The third-order valence-electron chi connectivity index (χ3n) is 6.50. The number of anilines is 1. The molecule has 5 rings (SSSR count). The van der Waals surface area contributed by atoms with Crippen molar-refractivity contribution in [1.82, 2.24) is 9.88 Å². The molecule has 33 heavy (non-hydrogen) atoms. The van der Waals surface area contributed by atoms with Crippen molar-refractivity contribution in [1.29, 1.82) is 0 Å². The second-order valence-electron chi connectivity index (χ2n) is 8.70. The van der Waals surface area contributed by atoms with Crippen molar-refractivity contribution in [3.05, 3.63) is 84.6 Å². The number of hydrogen-bond donors (Lipinski definition) is 2. The third-order valence-corrected chi connectivity index (χ3v) is 6.50. The molecule has 168 valence electrons. The molecule has 3 aromatic carbocycles. The van der Waals surface area contributed by atoms with Crippen LogP contribution in [0.2, 0.25) is 0 Å². The van der Waals surface area contributed by atoms with Gasteiger partial charge in [-0.15, -0.1) is 0 Å². The van der Waals surface area contributed by atoms with Crippen LogP contribution < -0.4 is 10.1 Å². The summed E-state index contributed by atoms with van der Waals surface area (Å²) < 4.78 is 5.37. The molecule has 1 aliphatic rings. The number of methoxy groups -OCH3 is 1. The van der Waals surface area contributed by atoms with Crippen LogP contribution in [0.5, 0.6) is 5.75 Å². The number of piperidine rings is 1. The maximum Gasteiger partial charge on any atom is 0.227 e. The van der Waals surface area contributed by atoms with E-state index in [0.29, 0.717) is 0 Å². The fraction of sp³-hybridized carbons (Fsp3) is 0.250. The molecule has 2 N–H and O–H groups in total. The first-order chi connectivity index (χ1) is 16.2. The maximum absolute atomic E-state index is 13.1. The van der Waals surface area contributed by atoms with Crippen molar-refractivity contribution in [2.75, 3.05) is 25.5 Å². The van der Waals surface area contributed by atoms with Crippen molar-refractivity contribution in [2.45, 2.75) is 19.4 Å². The number of para-hydroxylation sites is 2. The number of hydrogen-bond acceptors (Lipinski definition) is 3. The van der Waals surface area contributed by atoms with Gasteiger partial charge in [0.2, 0.25) is 5.91 Å². The van der Waals surface area contributed by atoms with Crippen molar-refractivity contribution in [3.8, 4) is 16.9 Å². The van der Waals surface area contributed by atoms with Gasteiger partial charge in [-0.05, 0) is 67.2 Å². The lowest BCUT2D eigenvalue weighted by Gasteiger charge is -2.31. The summed E-state index contributed by atoms with van der Waals surface area (Å²) in [5.41, 5.74) is 5.28. The van der Waals surface area contributed by atoms with E-state index in [0.717, 1.165) is 55.0 Å². The molecule has 0 radical (unpaired) electrons. The van der Waals surface area contributed by atoms with Crippen molar-refractivity contribution < 1.29 is 9.53 Å². The molecular weight excluding hydrogens is 410 g/mol. The summed E-state index contributed by atoms with van der Waals surface area (Å²) in [5, 5.41) is 4.44. The highest BCUT2D eigenvalue weighted by Gasteiger charge is 2.26. The normalized spacial score (nSPS) is 14.9. The number of carbonyl (C=O) groups is 1. The predicted octanol–water partition coefficient (Wildman–Crippen LogP) is 5.69. The van der Waals surface area contributed by atoms with Crippen LogP contribution in [-0.2, 0) is 11.3 Å². The monoisotopic (exact) mass is 439 g/mol. The summed E-state index contributed by atoms with van der Waals surface area (Å²) in [7, 11) is 1.66. The quantitative estimate of drug-likeness (QED) is 0.406. The topological polar surface area (TPSA) is 57.4 Å². The minimum Gasteiger partial charge on any atom is -0.497 e. The molecule has 1 aliphatic heterocycles. The first kappa shape index (κ1) is 21.3. The molecule has 0 unspecified atom stereocenters. The van der Waals surface area contributed by atoms with Gasteiger partial charge in [-0.3, -0.25) is 9.69 Å². The maximum atomic E-state index is 13.1. The van der Waals surface area contributed by atoms with E-state index >= 15 is 0 Å². The van der Waals surface area contributed by atoms with Gasteiger partial charge in [0, 0.05) is 34.9 Å². The molecular formula is C28H29N3O2. The van der Waals surface area contributed by atoms with Crippen LogP contribution in [0, 0.1) is 5.92 Å². The van der Waals surface area contributed by atoms with Gasteiger partial charge in [-0.25, -0.2) is 0 Å². The number of ether oxygens (including phenoxy) is 1. The van der Waals surface area contributed by atoms with Gasteiger partial charge >= 0.3 is 0 Å². The largest absolute Gasteiger partial charge is 0.497 e. The van der Waals surface area contributed by atoms with Crippen LogP contribution in [-0.4, -0.2) is 36.0 Å². The molecule has 5 nitrogen and oxygen atoms in total. The van der Waals surface area contributed by atoms with Gasteiger partial charge in [-0.1, -0.05) is 48.5 Å². The Kier molecular flexibility index (Phi) is 6.13. The average Bonchev–Trinajstić information content (AvgIpc) is 3.27. The molecule has 0 atom stereocenters. The molecule has 0 aliphatic carbocycles. The van der Waals surface area contributed by atoms with Gasteiger partial charge in [0.25, 0.3) is 0 Å². The molecule has 0 bridgehead atoms. The van der Waals surface area contributed by atoms with Crippen LogP contribution >= 0.6 is 0 Å². The summed E-state index contributed by atoms with van der Waals surface area (Å²) in [6, 6.07) is 26.5. The molecule has 0 spiro atoms. The first-order valence-electron chi connectivity index (χ1n) is 11.5. The second kappa shape index (κ2) is 9.51. The standard InChI is InChI=1S/C28H29N3O2/c1-33-24-9-6-8-21(18-24)25-10-3-5-12-27(25)30-28(32)20-13-15-31(16-14-20)19-23-17-22-7-2-4-11-26(22)29-23/h2-12,17-18,20,29H,13-16,19H2,1H3,(H,30,32). The fourth-order valence-corrected chi connectivity index (χ4v) is 4.68. The van der Waals surface area contributed by atoms with Crippen LogP contribution in [0.15, 0.2) is 78.9 Å². The summed E-state index contributed by atoms with van der Waals surface area (Å²) in [4.78, 5) is 19.0. The number of fused-ring (bicyclic) bond motifs is 1. The molecule has 2 heterocycles. The Morgan fingerprint density at radius 2 is 1.79 bits per heavy atom. The van der Waals surface area contributed by atoms with Crippen LogP contribution in [0.3, 0.4) is 0 Å². The van der Waals surface area contributed by atoms with E-state index in [2.05, 4.69) is 45.5 Å². The summed E-state index contributed by atoms with van der Waals surface area (Å²) in [5.74, 6) is 0.939. The number of rotatable bonds is 6. The zero-order valence-corrected chi connectivity index (χ0v) is 18.9. The number of nitrogens with one attached hydrogen (secondary N) is 2. The summed E-state index contributed by atoms with van der Waals surface area (Å²) in [6.07, 6.45) is 1.74. The van der Waals surface area contributed by atoms with E-state index in [1.165, 1.54) is 16.6 Å². The number of nitrogens with zero attached hydrogens (tertiary/aromatic N) is 1. The van der Waals surface area contributed by atoms with E-state index in [4.69, 9.17) is 4.74 Å². The molecule has 4 aromatic rings. The molecule has 1 aromatic heterocycles. The Bertz CT molecular complexity index is 1220. The Labute approximate surface area is 194 Å². The van der Waals surface area contributed by atoms with Gasteiger partial charge in [-0.2, -0.15) is 0 Å². The lowest BCUT2D eigenvalue weighted by atomic mass is 9.95. The number of aromatic nitrogens is 1. The third kappa shape index (κ3) is 4.78. The van der Waals surface area contributed by atoms with E-state index in [9.17, 15) is 4.79 Å². The number of aromatic amines is 1. The highest BCUT2D eigenvalue weighted by atomic mass is 16.5. The lowest BCUT2D eigenvalue weighted by Crippen LogP contribution is -2.37. The zero-order chi connectivity index (χ0) is 22.6. The first-order valence-corrected chi connectivity index (χ1v) is 11.5. The Morgan fingerprint density at radius 1 is 1.00 bits per heavy atom. The van der Waals surface area contributed by atoms with Crippen LogP contribution in [0.1, 0.15) is 18.5 Å².